The maximum Gasteiger partial charge on any atom is 0.157 e. The Bertz CT molecular complexity index is 521. The summed E-state index contributed by atoms with van der Waals surface area (Å²) >= 11 is 3.39. The number of carbonyl (C=O) groups excluding carboxylic acids is 1. The molecular weight excluding hydrogens is 316 g/mol. The van der Waals surface area contributed by atoms with Gasteiger partial charge in [0, 0.05) is 28.9 Å². The number of hydrogen-bond donors (Lipinski definition) is 1. The number of pyridine rings is 1. The monoisotopic (exact) mass is 338 g/mol. The first-order valence-electron chi connectivity index (χ1n) is 6.98. The normalized spacial score (nSPS) is 16.9. The van der Waals surface area contributed by atoms with Gasteiger partial charge < -0.3 is 5.32 Å². The smallest absolute Gasteiger partial charge is 0.157 e. The zero-order chi connectivity index (χ0) is 15.3. The van der Waals surface area contributed by atoms with E-state index in [2.05, 4.69) is 40.1 Å². The zero-order valence-corrected chi connectivity index (χ0v) is 14.5. The number of anilines is 1. The van der Waals surface area contributed by atoms with Crippen molar-refractivity contribution in [3.8, 4) is 0 Å². The molecule has 2 rings (SSSR count). The second-order valence-electron chi connectivity index (χ2n) is 5.60. The Labute approximate surface area is 130 Å². The Hall–Kier alpha value is -1.16. The van der Waals surface area contributed by atoms with Gasteiger partial charge in [-0.05, 0) is 46.3 Å². The van der Waals surface area contributed by atoms with E-state index in [9.17, 15) is 4.79 Å². The molecule has 1 aromatic heterocycles. The number of nitrogens with one attached hydrogen (secondary N) is 1. The van der Waals surface area contributed by atoms with E-state index in [4.69, 9.17) is 0 Å². The van der Waals surface area contributed by atoms with Crippen LogP contribution in [0.3, 0.4) is 0 Å². The second kappa shape index (κ2) is 7.02. The lowest BCUT2D eigenvalue weighted by Crippen LogP contribution is -2.24. The molecular formula is C16H23BrN2O. The number of allylic oxidation sites excluding steroid dienone is 2. The third kappa shape index (κ3) is 4.75. The van der Waals surface area contributed by atoms with Gasteiger partial charge in [-0.2, -0.15) is 0 Å². The fraction of sp³-hybridized carbons (Fsp3) is 0.500. The van der Waals surface area contributed by atoms with Gasteiger partial charge >= 0.3 is 0 Å². The van der Waals surface area contributed by atoms with Crippen LogP contribution in [0.2, 0.25) is 0 Å². The molecule has 1 aliphatic carbocycles. The highest BCUT2D eigenvalue weighted by Crippen LogP contribution is 2.34. The first-order valence-corrected chi connectivity index (χ1v) is 7.78. The molecule has 1 aromatic rings. The fourth-order valence-corrected chi connectivity index (χ4v) is 2.70. The molecule has 4 heteroatoms. The average Bonchev–Trinajstić information content (AvgIpc) is 2.33. The number of rotatable bonds is 2. The van der Waals surface area contributed by atoms with E-state index < -0.39 is 0 Å². The lowest BCUT2D eigenvalue weighted by atomic mass is 9.79. The number of carbonyl (C=O) groups is 1. The molecule has 0 saturated heterocycles. The predicted octanol–water partition coefficient (Wildman–Crippen LogP) is 4.86. The Morgan fingerprint density at radius 3 is 2.50 bits per heavy atom. The van der Waals surface area contributed by atoms with Crippen molar-refractivity contribution in [2.24, 2.45) is 5.41 Å². The average molecular weight is 339 g/mol. The SMILES string of the molecule is CC.Cc1cc(Br)cnc1NC1=CC(=O)CC(C)(C)C1. The third-order valence-electron chi connectivity index (χ3n) is 2.98. The van der Waals surface area contributed by atoms with Crippen LogP contribution in [0.15, 0.2) is 28.5 Å². The number of ketones is 1. The summed E-state index contributed by atoms with van der Waals surface area (Å²) < 4.78 is 0.958. The first-order chi connectivity index (χ1) is 9.35. The summed E-state index contributed by atoms with van der Waals surface area (Å²) in [5.41, 5.74) is 2.03. The van der Waals surface area contributed by atoms with Crippen molar-refractivity contribution >= 4 is 27.5 Å². The molecule has 1 heterocycles. The van der Waals surface area contributed by atoms with Crippen LogP contribution in [0, 0.1) is 12.3 Å². The van der Waals surface area contributed by atoms with Crippen molar-refractivity contribution < 1.29 is 4.79 Å². The van der Waals surface area contributed by atoms with Crippen molar-refractivity contribution in [3.05, 3.63) is 34.1 Å². The number of hydrogen-bond acceptors (Lipinski definition) is 3. The minimum absolute atomic E-state index is 0.0252. The molecule has 20 heavy (non-hydrogen) atoms. The maximum absolute atomic E-state index is 11.7. The largest absolute Gasteiger partial charge is 0.343 e. The quantitative estimate of drug-likeness (QED) is 0.836. The Morgan fingerprint density at radius 1 is 1.30 bits per heavy atom. The van der Waals surface area contributed by atoms with Gasteiger partial charge in [-0.1, -0.05) is 27.7 Å². The van der Waals surface area contributed by atoms with Gasteiger partial charge in [-0.3, -0.25) is 4.79 Å². The predicted molar refractivity (Wildman–Crippen MR) is 87.7 cm³/mol. The van der Waals surface area contributed by atoms with Crippen molar-refractivity contribution in [2.75, 3.05) is 5.32 Å². The van der Waals surface area contributed by atoms with Crippen molar-refractivity contribution in [3.63, 3.8) is 0 Å². The minimum Gasteiger partial charge on any atom is -0.343 e. The number of aromatic nitrogens is 1. The lowest BCUT2D eigenvalue weighted by Gasteiger charge is -2.29. The molecule has 0 atom stereocenters. The highest BCUT2D eigenvalue weighted by atomic mass is 79.9. The molecule has 0 saturated carbocycles. The summed E-state index contributed by atoms with van der Waals surface area (Å²) in [4.78, 5) is 16.0. The molecule has 110 valence electrons. The Balaban J connectivity index is 0.000000956. The summed E-state index contributed by atoms with van der Waals surface area (Å²) in [6, 6.07) is 2.01. The summed E-state index contributed by atoms with van der Waals surface area (Å²) in [6.07, 6.45) is 4.95. The van der Waals surface area contributed by atoms with Gasteiger partial charge in [0.1, 0.15) is 5.82 Å². The molecule has 1 aliphatic rings. The van der Waals surface area contributed by atoms with Crippen molar-refractivity contribution in [1.82, 2.24) is 4.98 Å². The number of aryl methyl sites for hydroxylation is 1. The van der Waals surface area contributed by atoms with Crippen LogP contribution in [0.4, 0.5) is 5.82 Å². The molecule has 0 aromatic carbocycles. The van der Waals surface area contributed by atoms with Crippen LogP contribution in [0.5, 0.6) is 0 Å². The molecule has 0 spiro atoms. The van der Waals surface area contributed by atoms with E-state index in [0.29, 0.717) is 6.42 Å². The molecule has 0 radical (unpaired) electrons. The highest BCUT2D eigenvalue weighted by Gasteiger charge is 2.27. The molecule has 0 aliphatic heterocycles. The van der Waals surface area contributed by atoms with E-state index in [1.807, 2.05) is 26.8 Å². The Kier molecular flexibility index (Phi) is 5.93. The molecule has 0 amide bonds. The molecule has 0 bridgehead atoms. The van der Waals surface area contributed by atoms with Crippen LogP contribution in [0.1, 0.15) is 46.1 Å². The highest BCUT2D eigenvalue weighted by molar-refractivity contribution is 9.10. The van der Waals surface area contributed by atoms with Gasteiger partial charge in [0.25, 0.3) is 0 Å². The molecule has 3 nitrogen and oxygen atoms in total. The zero-order valence-electron chi connectivity index (χ0n) is 12.9. The van der Waals surface area contributed by atoms with Gasteiger partial charge in [-0.15, -0.1) is 0 Å². The van der Waals surface area contributed by atoms with Gasteiger partial charge in [-0.25, -0.2) is 4.98 Å². The summed E-state index contributed by atoms with van der Waals surface area (Å²) in [6.45, 7) is 10.2. The summed E-state index contributed by atoms with van der Waals surface area (Å²) in [5, 5.41) is 3.27. The Morgan fingerprint density at radius 2 is 1.95 bits per heavy atom. The third-order valence-corrected chi connectivity index (χ3v) is 3.41. The second-order valence-corrected chi connectivity index (χ2v) is 6.51. The van der Waals surface area contributed by atoms with E-state index >= 15 is 0 Å². The van der Waals surface area contributed by atoms with E-state index in [-0.39, 0.29) is 11.2 Å². The minimum atomic E-state index is 0.0252. The van der Waals surface area contributed by atoms with E-state index in [1.54, 1.807) is 12.3 Å². The van der Waals surface area contributed by atoms with Gasteiger partial charge in [0.15, 0.2) is 5.78 Å². The van der Waals surface area contributed by atoms with Crippen LogP contribution in [-0.2, 0) is 4.79 Å². The van der Waals surface area contributed by atoms with Crippen LogP contribution in [-0.4, -0.2) is 10.8 Å². The van der Waals surface area contributed by atoms with E-state index in [0.717, 1.165) is 28.0 Å². The first kappa shape index (κ1) is 16.9. The number of halogens is 1. The van der Waals surface area contributed by atoms with Crippen molar-refractivity contribution in [2.45, 2.75) is 47.5 Å². The molecule has 0 fully saturated rings. The van der Waals surface area contributed by atoms with Gasteiger partial charge in [0.05, 0.1) is 0 Å². The standard InChI is InChI=1S/C14H17BrN2O.C2H6/c1-9-4-10(15)8-16-13(9)17-11-5-12(18)7-14(2,3)6-11;1-2/h4-5,8H,6-7H2,1-3H3,(H,16,17);1-2H3. The maximum atomic E-state index is 11.7. The van der Waals surface area contributed by atoms with Gasteiger partial charge in [0.2, 0.25) is 0 Å². The van der Waals surface area contributed by atoms with Crippen LogP contribution in [0.25, 0.3) is 0 Å². The topological polar surface area (TPSA) is 42.0 Å². The molecule has 0 unspecified atom stereocenters. The summed E-state index contributed by atoms with van der Waals surface area (Å²) in [5.74, 6) is 0.999. The van der Waals surface area contributed by atoms with Crippen LogP contribution >= 0.6 is 15.9 Å². The molecule has 1 N–H and O–H groups in total. The number of nitrogens with zero attached hydrogens (tertiary/aromatic N) is 1. The fourth-order valence-electron chi connectivity index (χ4n) is 2.25. The van der Waals surface area contributed by atoms with Crippen molar-refractivity contribution in [1.29, 1.82) is 0 Å². The van der Waals surface area contributed by atoms with E-state index in [1.165, 1.54) is 0 Å². The summed E-state index contributed by atoms with van der Waals surface area (Å²) in [7, 11) is 0. The van der Waals surface area contributed by atoms with Crippen LogP contribution < -0.4 is 5.32 Å². The lowest BCUT2D eigenvalue weighted by molar-refractivity contribution is -0.117.